The zero-order valence-corrected chi connectivity index (χ0v) is 47.7. The molecule has 0 unspecified atom stereocenters. The molecule has 0 saturated carbocycles. The molecule has 0 atom stereocenters. The minimum Gasteiger partial charge on any atom is -0.311 e. The highest BCUT2D eigenvalue weighted by atomic mass is 32.2. The zero-order chi connectivity index (χ0) is 60.5. The molecule has 16 rings (SSSR count). The topological polar surface area (TPSA) is 16.2 Å². The molecule has 0 saturated heterocycles. The standard InChI is InChI=1S/C73H43B2F8N5S/c1-42-32-34-45(35-33-42)86-62-41-66-51(75-49-21-9-11-31-61(49)88(73-58(82)28-15-29-59(73)83)65-38-47(39-67(89-66)69(65)75)85(44-18-6-3-7-19-44)71-54(78)24-13-25-55(71)79)40-50(62)74-48-20-8-10-30-60(48)87(72-56(80)26-14-27-57(72)81)64-37-46(36-63(86)68(64)74)84(43-16-4-2-5-17-43)70-52(76)22-12-23-53(70)77/h2-41H,1H3. The van der Waals surface area contributed by atoms with Crippen molar-refractivity contribution in [2.45, 2.75) is 16.7 Å². The van der Waals surface area contributed by atoms with Crippen LogP contribution >= 0.6 is 11.8 Å². The number of nitrogens with zero attached hydrogens (tertiary/aromatic N) is 5. The zero-order valence-electron chi connectivity index (χ0n) is 46.9. The van der Waals surface area contributed by atoms with E-state index in [1.807, 2.05) is 73.7 Å². The fourth-order valence-electron chi connectivity index (χ4n) is 13.6. The number of para-hydroxylation sites is 8. The van der Waals surface area contributed by atoms with Crippen molar-refractivity contribution in [2.75, 3.05) is 24.5 Å². The van der Waals surface area contributed by atoms with Crippen molar-refractivity contribution in [1.29, 1.82) is 0 Å². The molecule has 0 fully saturated rings. The molecule has 89 heavy (non-hydrogen) atoms. The Labute approximate surface area is 511 Å². The van der Waals surface area contributed by atoms with Gasteiger partial charge in [-0.15, -0.1) is 0 Å². The second kappa shape index (κ2) is 20.9. The number of benzene rings is 12. The van der Waals surface area contributed by atoms with Crippen molar-refractivity contribution in [1.82, 2.24) is 0 Å². The molecule has 0 spiro atoms. The lowest BCUT2D eigenvalue weighted by atomic mass is 9.31. The maximum Gasteiger partial charge on any atom is 0.252 e. The van der Waals surface area contributed by atoms with Gasteiger partial charge in [-0.2, -0.15) is 0 Å². The van der Waals surface area contributed by atoms with E-state index in [-0.39, 0.29) is 28.4 Å². The number of fused-ring (bicyclic) bond motifs is 8. The quantitative estimate of drug-likeness (QED) is 0.105. The average Bonchev–Trinajstić information content (AvgIpc) is 0.707. The summed E-state index contributed by atoms with van der Waals surface area (Å²) in [6.45, 7) is 0.656. The third-order valence-electron chi connectivity index (χ3n) is 17.2. The lowest BCUT2D eigenvalue weighted by Crippen LogP contribution is -2.64. The van der Waals surface area contributed by atoms with Gasteiger partial charge in [0, 0.05) is 66.7 Å². The Balaban J connectivity index is 1.01. The molecule has 0 aromatic heterocycles. The van der Waals surface area contributed by atoms with Crippen LogP contribution in [-0.2, 0) is 0 Å². The van der Waals surface area contributed by atoms with Crippen LogP contribution in [0, 0.1) is 53.5 Å². The van der Waals surface area contributed by atoms with E-state index < -0.39 is 60.0 Å². The summed E-state index contributed by atoms with van der Waals surface area (Å²) in [5.41, 5.74) is 8.72. The fraction of sp³-hybridized carbons (Fsp3) is 0.0137. The van der Waals surface area contributed by atoms with Gasteiger partial charge in [-0.05, 0) is 162 Å². The van der Waals surface area contributed by atoms with Gasteiger partial charge in [0.2, 0.25) is 6.71 Å². The maximum atomic E-state index is 17.0. The lowest BCUT2D eigenvalue weighted by Gasteiger charge is -2.46. The molecule has 0 aliphatic carbocycles. The molecular weight excluding hydrogens is 1150 g/mol. The van der Waals surface area contributed by atoms with Gasteiger partial charge in [0.25, 0.3) is 6.71 Å². The van der Waals surface area contributed by atoms with Crippen molar-refractivity contribution in [3.8, 4) is 0 Å². The number of rotatable bonds is 9. The van der Waals surface area contributed by atoms with Gasteiger partial charge in [0.15, 0.2) is 0 Å². The molecule has 4 aliphatic rings. The maximum absolute atomic E-state index is 17.0. The van der Waals surface area contributed by atoms with Gasteiger partial charge in [0.05, 0.1) is 5.69 Å². The van der Waals surface area contributed by atoms with Crippen LogP contribution in [0.1, 0.15) is 5.56 Å². The van der Waals surface area contributed by atoms with Gasteiger partial charge in [0.1, 0.15) is 69.3 Å². The molecule has 428 valence electrons. The minimum absolute atomic E-state index is 0.264. The van der Waals surface area contributed by atoms with Crippen LogP contribution in [0.3, 0.4) is 0 Å². The van der Waals surface area contributed by atoms with Crippen LogP contribution < -0.4 is 57.3 Å². The normalized spacial score (nSPS) is 13.1. The fourth-order valence-corrected chi connectivity index (χ4v) is 14.8. The summed E-state index contributed by atoms with van der Waals surface area (Å²) < 4.78 is 134. The SMILES string of the molecule is Cc1ccc(N2c3cc4c(cc3B3c5ccccc5N(c5c(F)cccc5F)c5cc(N(c6ccccc6)c6c(F)cccc6F)cc2c53)B2c3ccccc3N(c3c(F)cccc3F)c3cc(N(c5ccccc5)c5c(F)cccc5F)cc(c32)S4)cc1. The molecule has 4 aliphatic heterocycles. The van der Waals surface area contributed by atoms with E-state index in [1.54, 1.807) is 101 Å². The van der Waals surface area contributed by atoms with Crippen molar-refractivity contribution in [3.05, 3.63) is 295 Å². The smallest absolute Gasteiger partial charge is 0.252 e. The molecule has 0 radical (unpaired) electrons. The average molecular weight is 1200 g/mol. The summed E-state index contributed by atoms with van der Waals surface area (Å²) in [5.74, 6) is -6.76. The molecule has 0 amide bonds. The number of aryl methyl sites for hydroxylation is 1. The Bertz CT molecular complexity index is 4830. The predicted octanol–water partition coefficient (Wildman–Crippen LogP) is 16.9. The summed E-state index contributed by atoms with van der Waals surface area (Å²) in [6.07, 6.45) is 0. The molecule has 0 bridgehead atoms. The van der Waals surface area contributed by atoms with Gasteiger partial charge in [-0.1, -0.05) is 138 Å². The van der Waals surface area contributed by atoms with E-state index in [9.17, 15) is 0 Å². The second-order valence-electron chi connectivity index (χ2n) is 22.3. The molecule has 16 heteroatoms. The van der Waals surface area contributed by atoms with Crippen LogP contribution in [0.5, 0.6) is 0 Å². The second-order valence-corrected chi connectivity index (χ2v) is 23.4. The first-order valence-electron chi connectivity index (χ1n) is 28.7. The Kier molecular flexibility index (Phi) is 12.7. The predicted molar refractivity (Wildman–Crippen MR) is 344 cm³/mol. The molecule has 5 nitrogen and oxygen atoms in total. The number of hydrogen-bond donors (Lipinski definition) is 0. The molecule has 4 heterocycles. The largest absolute Gasteiger partial charge is 0.311 e. The third kappa shape index (κ3) is 8.40. The Hall–Kier alpha value is -10.4. The van der Waals surface area contributed by atoms with E-state index in [1.165, 1.54) is 94.4 Å². The molecule has 12 aromatic carbocycles. The van der Waals surface area contributed by atoms with Gasteiger partial charge >= 0.3 is 0 Å². The van der Waals surface area contributed by atoms with E-state index in [4.69, 9.17) is 0 Å². The van der Waals surface area contributed by atoms with E-state index in [2.05, 4.69) is 17.0 Å². The molecule has 0 N–H and O–H groups in total. The summed E-state index contributed by atoms with van der Waals surface area (Å²) >= 11 is 1.39. The molecule has 12 aromatic rings. The van der Waals surface area contributed by atoms with E-state index in [0.29, 0.717) is 83.6 Å². The number of hydrogen-bond acceptors (Lipinski definition) is 6. The van der Waals surface area contributed by atoms with Crippen molar-refractivity contribution < 1.29 is 35.1 Å². The minimum atomic E-state index is -0.853. The van der Waals surface area contributed by atoms with Crippen LogP contribution in [-0.4, -0.2) is 13.4 Å². The Morgan fingerprint density at radius 2 is 0.708 bits per heavy atom. The van der Waals surface area contributed by atoms with Crippen LogP contribution in [0.25, 0.3) is 0 Å². The summed E-state index contributed by atoms with van der Waals surface area (Å²) in [4.78, 5) is 9.55. The van der Waals surface area contributed by atoms with Gasteiger partial charge in [-0.25, -0.2) is 35.1 Å². The lowest BCUT2D eigenvalue weighted by molar-refractivity contribution is 0.584. The summed E-state index contributed by atoms with van der Waals surface area (Å²) in [7, 11) is 0. The van der Waals surface area contributed by atoms with Crippen molar-refractivity contribution in [2.24, 2.45) is 0 Å². The van der Waals surface area contributed by atoms with E-state index in [0.717, 1.165) is 21.4 Å². The van der Waals surface area contributed by atoms with Crippen LogP contribution in [0.4, 0.5) is 120 Å². The first-order valence-corrected chi connectivity index (χ1v) is 29.6. The van der Waals surface area contributed by atoms with Gasteiger partial charge in [-0.3, -0.25) is 0 Å². The van der Waals surface area contributed by atoms with Crippen molar-refractivity contribution >= 4 is 143 Å². The Morgan fingerprint density at radius 1 is 0.303 bits per heavy atom. The third-order valence-corrected chi connectivity index (χ3v) is 18.4. The summed E-state index contributed by atoms with van der Waals surface area (Å²) in [5, 5.41) is 0. The highest BCUT2D eigenvalue weighted by molar-refractivity contribution is 8.00. The van der Waals surface area contributed by atoms with Gasteiger partial charge < -0.3 is 24.5 Å². The van der Waals surface area contributed by atoms with Crippen LogP contribution in [0.15, 0.2) is 252 Å². The summed E-state index contributed by atoms with van der Waals surface area (Å²) in [6, 6.07) is 66.5. The first-order chi connectivity index (χ1) is 43.4. The highest BCUT2D eigenvalue weighted by Gasteiger charge is 2.49. The van der Waals surface area contributed by atoms with Crippen molar-refractivity contribution in [3.63, 3.8) is 0 Å². The van der Waals surface area contributed by atoms with E-state index >= 15 is 35.1 Å². The highest BCUT2D eigenvalue weighted by Crippen LogP contribution is 2.53. The van der Waals surface area contributed by atoms with Crippen LogP contribution in [0.2, 0.25) is 0 Å². The Morgan fingerprint density at radius 3 is 1.19 bits per heavy atom. The monoisotopic (exact) mass is 1200 g/mol. The first kappa shape index (κ1) is 54.0. The number of halogens is 8. The molecular formula is C73H43B2F8N5S. The number of anilines is 15.